The van der Waals surface area contributed by atoms with E-state index in [9.17, 15) is 0 Å². The fourth-order valence-corrected chi connectivity index (χ4v) is 4.19. The zero-order valence-electron chi connectivity index (χ0n) is 16.5. The van der Waals surface area contributed by atoms with Crippen LogP contribution in [-0.2, 0) is 22.1 Å². The maximum absolute atomic E-state index is 8.18. The van der Waals surface area contributed by atoms with E-state index in [0.717, 1.165) is 25.7 Å². The highest BCUT2D eigenvalue weighted by molar-refractivity contribution is 6.53. The van der Waals surface area contributed by atoms with Gasteiger partial charge < -0.3 is 36.5 Å². The van der Waals surface area contributed by atoms with Crippen molar-refractivity contribution in [1.82, 2.24) is 0 Å². The molecule has 8 nitrogen and oxygen atoms in total. The predicted molar refractivity (Wildman–Crippen MR) is 99.4 cm³/mol. The highest BCUT2D eigenvalue weighted by Crippen LogP contribution is 2.14. The Morgan fingerprint density at radius 2 is 0.720 bits per heavy atom. The third-order valence-corrected chi connectivity index (χ3v) is 5.25. The van der Waals surface area contributed by atoms with Crippen LogP contribution in [0.25, 0.3) is 0 Å². The predicted octanol–water partition coefficient (Wildman–Crippen LogP) is 1.95. The van der Waals surface area contributed by atoms with E-state index in [1.54, 1.807) is 6.92 Å². The Balaban J connectivity index is 0. The molecule has 0 atom stereocenters. The normalized spacial score (nSPS) is 12.0. The summed E-state index contributed by atoms with van der Waals surface area (Å²) in [6, 6.07) is 0. The molecule has 3 N–H and O–H groups in total. The van der Waals surface area contributed by atoms with Crippen LogP contribution < -0.4 is 0 Å². The summed E-state index contributed by atoms with van der Waals surface area (Å²) in [5, 5.41) is 0. The van der Waals surface area contributed by atoms with Gasteiger partial charge in [-0.15, -0.1) is 0 Å². The Morgan fingerprint density at radius 3 is 0.880 bits per heavy atom. The van der Waals surface area contributed by atoms with Gasteiger partial charge in [0, 0.05) is 33.0 Å². The molecule has 0 aliphatic carbocycles. The SMILES string of the molecule is CCCO[Si](O)(O)O.CCCO[Si](OCCC)(OCCC)OCCC. The monoisotopic (exact) mass is 402 g/mol. The topological polar surface area (TPSA) is 107 Å². The zero-order chi connectivity index (χ0) is 19.6. The molecule has 10 heteroatoms. The van der Waals surface area contributed by atoms with Crippen molar-refractivity contribution < 1.29 is 36.5 Å². The Hall–Kier alpha value is 0.114. The second kappa shape index (κ2) is 17.5. The van der Waals surface area contributed by atoms with E-state index in [1.807, 2.05) is 0 Å². The van der Waals surface area contributed by atoms with Crippen molar-refractivity contribution in [2.24, 2.45) is 0 Å². The molecule has 0 fully saturated rings. The molecule has 0 aliphatic heterocycles. The lowest BCUT2D eigenvalue weighted by Crippen LogP contribution is -2.50. The molecule has 0 amide bonds. The van der Waals surface area contributed by atoms with Gasteiger partial charge in [-0.25, -0.2) is 0 Å². The van der Waals surface area contributed by atoms with Gasteiger partial charge in [0.25, 0.3) is 0 Å². The Bertz CT molecular complexity index is 239. The van der Waals surface area contributed by atoms with Gasteiger partial charge in [-0.2, -0.15) is 0 Å². The van der Waals surface area contributed by atoms with Crippen LogP contribution in [0.2, 0.25) is 0 Å². The molecule has 0 radical (unpaired) electrons. The zero-order valence-corrected chi connectivity index (χ0v) is 18.5. The van der Waals surface area contributed by atoms with Crippen LogP contribution in [0, 0.1) is 0 Å². The Labute approximate surface area is 155 Å². The minimum Gasteiger partial charge on any atom is -0.368 e. The van der Waals surface area contributed by atoms with Gasteiger partial charge in [-0.1, -0.05) is 34.6 Å². The lowest BCUT2D eigenvalue weighted by molar-refractivity contribution is -0.0347. The summed E-state index contributed by atoms with van der Waals surface area (Å²) in [7, 11) is -7.06. The molecule has 0 spiro atoms. The third-order valence-electron chi connectivity index (χ3n) is 2.43. The molecule has 154 valence electrons. The third kappa shape index (κ3) is 18.7. The lowest BCUT2D eigenvalue weighted by Gasteiger charge is -2.27. The average molecular weight is 403 g/mol. The first-order chi connectivity index (χ1) is 11.8. The molecule has 25 heavy (non-hydrogen) atoms. The molecular weight excluding hydrogens is 364 g/mol. The highest BCUT2D eigenvalue weighted by Gasteiger charge is 2.45. The molecule has 0 heterocycles. The number of hydrogen-bond donors (Lipinski definition) is 3. The maximum Gasteiger partial charge on any atom is 0.679 e. The quantitative estimate of drug-likeness (QED) is 0.357. The molecule has 0 bridgehead atoms. The fourth-order valence-electron chi connectivity index (χ4n) is 1.40. The summed E-state index contributed by atoms with van der Waals surface area (Å²) in [6.07, 6.45) is 4.42. The number of hydrogen-bond acceptors (Lipinski definition) is 8. The summed E-state index contributed by atoms with van der Waals surface area (Å²) >= 11 is 0. The van der Waals surface area contributed by atoms with E-state index in [-0.39, 0.29) is 6.61 Å². The van der Waals surface area contributed by atoms with Crippen LogP contribution in [0.15, 0.2) is 0 Å². The highest BCUT2D eigenvalue weighted by atomic mass is 28.4. The molecule has 0 aromatic heterocycles. The second-order valence-electron chi connectivity index (χ2n) is 5.32. The van der Waals surface area contributed by atoms with Crippen LogP contribution in [0.1, 0.15) is 66.7 Å². The maximum atomic E-state index is 8.18. The van der Waals surface area contributed by atoms with E-state index in [2.05, 4.69) is 32.1 Å². The molecule has 0 aromatic rings. The van der Waals surface area contributed by atoms with Gasteiger partial charge in [0.05, 0.1) is 0 Å². The largest absolute Gasteiger partial charge is 0.679 e. The summed E-state index contributed by atoms with van der Waals surface area (Å²) in [5.74, 6) is 0. The molecule has 0 unspecified atom stereocenters. The summed E-state index contributed by atoms with van der Waals surface area (Å²) < 4.78 is 27.2. The van der Waals surface area contributed by atoms with Crippen molar-refractivity contribution in [2.45, 2.75) is 66.7 Å². The van der Waals surface area contributed by atoms with Crippen molar-refractivity contribution in [1.29, 1.82) is 0 Å². The van der Waals surface area contributed by atoms with Gasteiger partial charge in [0.15, 0.2) is 0 Å². The minimum atomic E-state index is -4.18. The molecule has 0 aliphatic rings. The summed E-state index contributed by atoms with van der Waals surface area (Å²) in [6.45, 7) is 12.8. The first-order valence-corrected chi connectivity index (χ1v) is 12.6. The molecule has 0 rings (SSSR count). The van der Waals surface area contributed by atoms with Gasteiger partial charge in [-0.05, 0) is 32.1 Å². The van der Waals surface area contributed by atoms with Crippen LogP contribution in [0.5, 0.6) is 0 Å². The summed E-state index contributed by atoms with van der Waals surface area (Å²) in [4.78, 5) is 24.5. The minimum absolute atomic E-state index is 0.190. The van der Waals surface area contributed by atoms with E-state index in [4.69, 9.17) is 32.1 Å². The van der Waals surface area contributed by atoms with Crippen molar-refractivity contribution in [3.05, 3.63) is 0 Å². The molecular formula is C15H38O8Si2. The van der Waals surface area contributed by atoms with Gasteiger partial charge in [0.2, 0.25) is 0 Å². The fraction of sp³-hybridized carbons (Fsp3) is 1.00. The van der Waals surface area contributed by atoms with E-state index >= 15 is 0 Å². The lowest BCUT2D eigenvalue weighted by atomic mass is 10.5. The van der Waals surface area contributed by atoms with Crippen LogP contribution in [0.3, 0.4) is 0 Å². The smallest absolute Gasteiger partial charge is 0.368 e. The molecule has 0 aromatic carbocycles. The van der Waals surface area contributed by atoms with Crippen molar-refractivity contribution in [2.75, 3.05) is 33.0 Å². The van der Waals surface area contributed by atoms with Crippen molar-refractivity contribution >= 4 is 18.1 Å². The van der Waals surface area contributed by atoms with Crippen LogP contribution >= 0.6 is 0 Å². The van der Waals surface area contributed by atoms with Crippen LogP contribution in [-0.4, -0.2) is 65.5 Å². The Kier molecular flexibility index (Phi) is 19.2. The van der Waals surface area contributed by atoms with Gasteiger partial charge >= 0.3 is 18.1 Å². The molecule has 0 saturated carbocycles. The van der Waals surface area contributed by atoms with Crippen LogP contribution in [0.4, 0.5) is 0 Å². The Morgan fingerprint density at radius 1 is 0.480 bits per heavy atom. The average Bonchev–Trinajstić information content (AvgIpc) is 2.58. The second-order valence-corrected chi connectivity index (χ2v) is 8.91. The van der Waals surface area contributed by atoms with Crippen molar-refractivity contribution in [3.8, 4) is 0 Å². The van der Waals surface area contributed by atoms with Crippen molar-refractivity contribution in [3.63, 3.8) is 0 Å². The van der Waals surface area contributed by atoms with Gasteiger partial charge in [-0.3, -0.25) is 0 Å². The van der Waals surface area contributed by atoms with E-state index < -0.39 is 18.1 Å². The molecule has 0 saturated heterocycles. The standard InChI is InChI=1S/C12H28O4Si.C3H10O4Si/c1-5-9-13-17(14-10-6-2,15-11-7-3)16-12-8-4;1-2-3-7-8(4,5)6/h5-12H2,1-4H3;4-6H,2-3H2,1H3. The van der Waals surface area contributed by atoms with Gasteiger partial charge in [0.1, 0.15) is 0 Å². The first kappa shape index (κ1) is 27.3. The summed E-state index contributed by atoms with van der Waals surface area (Å²) in [5.41, 5.74) is 0. The van der Waals surface area contributed by atoms with E-state index in [1.165, 1.54) is 0 Å². The van der Waals surface area contributed by atoms with E-state index in [0.29, 0.717) is 32.8 Å². The first-order valence-electron chi connectivity index (χ1n) is 9.17. The number of rotatable bonds is 15.